The SMILES string of the molecule is CCCCCCCCCCCCCCCCCCC(=O)O[C@H](COC(=O)CCCCCCCCCCCCCC)COP(=O)(O)OC[C@H](O)COP(=O)(O)OC[C@@H](COC(=O)CCCCCCCCCCCCCCCCC(C)C)OC(=O)CCCCCCCCCCCCCCCCCCC(C)C. The molecule has 0 aliphatic heterocycles. The summed E-state index contributed by atoms with van der Waals surface area (Å²) in [6.07, 6.45) is 67.8. The van der Waals surface area contributed by atoms with Crippen molar-refractivity contribution in [3.8, 4) is 0 Å². The maximum absolute atomic E-state index is 13.1. The van der Waals surface area contributed by atoms with Gasteiger partial charge in [-0.1, -0.05) is 401 Å². The fraction of sp³-hybridized carbons (Fsp3) is 0.953. The van der Waals surface area contributed by atoms with E-state index < -0.39 is 97.5 Å². The number of aliphatic hydroxyl groups excluding tert-OH is 1. The van der Waals surface area contributed by atoms with Gasteiger partial charge in [-0.05, 0) is 37.5 Å². The van der Waals surface area contributed by atoms with Crippen LogP contribution in [-0.2, 0) is 65.4 Å². The Morgan fingerprint density at radius 1 is 0.260 bits per heavy atom. The molecule has 2 unspecified atom stereocenters. The van der Waals surface area contributed by atoms with Crippen LogP contribution in [-0.4, -0.2) is 96.7 Å². The van der Waals surface area contributed by atoms with Gasteiger partial charge < -0.3 is 33.8 Å². The Kier molecular flexibility index (Phi) is 75.0. The van der Waals surface area contributed by atoms with Gasteiger partial charge in [-0.2, -0.15) is 0 Å². The predicted octanol–water partition coefficient (Wildman–Crippen LogP) is 25.8. The van der Waals surface area contributed by atoms with Crippen LogP contribution < -0.4 is 0 Å². The highest BCUT2D eigenvalue weighted by Crippen LogP contribution is 2.45. The number of hydrogen-bond acceptors (Lipinski definition) is 15. The van der Waals surface area contributed by atoms with Gasteiger partial charge in [0.15, 0.2) is 12.2 Å². The fourth-order valence-electron chi connectivity index (χ4n) is 13.2. The number of hydrogen-bond donors (Lipinski definition) is 3. The van der Waals surface area contributed by atoms with Crippen molar-refractivity contribution in [2.75, 3.05) is 39.6 Å². The van der Waals surface area contributed by atoms with Crippen molar-refractivity contribution < 1.29 is 80.2 Å². The van der Waals surface area contributed by atoms with Crippen LogP contribution in [0.25, 0.3) is 0 Å². The van der Waals surface area contributed by atoms with E-state index in [0.29, 0.717) is 25.7 Å². The van der Waals surface area contributed by atoms with Gasteiger partial charge in [-0.15, -0.1) is 0 Å². The Balaban J connectivity index is 5.26. The van der Waals surface area contributed by atoms with Gasteiger partial charge in [0.25, 0.3) is 0 Å². The van der Waals surface area contributed by atoms with Gasteiger partial charge in [0, 0.05) is 25.7 Å². The summed E-state index contributed by atoms with van der Waals surface area (Å²) in [6.45, 7) is 9.73. The molecule has 0 aromatic carbocycles. The quantitative estimate of drug-likeness (QED) is 0.0222. The van der Waals surface area contributed by atoms with Gasteiger partial charge >= 0.3 is 39.5 Å². The second kappa shape index (κ2) is 76.4. The summed E-state index contributed by atoms with van der Waals surface area (Å²) in [5.41, 5.74) is 0. The van der Waals surface area contributed by atoms with E-state index in [9.17, 15) is 43.2 Å². The summed E-state index contributed by atoms with van der Waals surface area (Å²) in [6, 6.07) is 0. The predicted molar refractivity (Wildman–Crippen MR) is 428 cm³/mol. The van der Waals surface area contributed by atoms with Crippen molar-refractivity contribution in [3.05, 3.63) is 0 Å². The maximum Gasteiger partial charge on any atom is 0.472 e. The van der Waals surface area contributed by atoms with Crippen LogP contribution in [0.4, 0.5) is 0 Å². The molecule has 0 rings (SSSR count). The number of ether oxygens (including phenoxy) is 4. The minimum Gasteiger partial charge on any atom is -0.462 e. The molecule has 0 spiro atoms. The molecule has 0 aliphatic carbocycles. The molecule has 0 saturated heterocycles. The van der Waals surface area contributed by atoms with E-state index in [1.165, 1.54) is 270 Å². The molecule has 0 amide bonds. The van der Waals surface area contributed by atoms with Crippen LogP contribution in [0.2, 0.25) is 0 Å². The number of phosphoric ester groups is 2. The first-order chi connectivity index (χ1) is 50.4. The molecule has 0 fully saturated rings. The third kappa shape index (κ3) is 78.2. The standard InChI is InChI=1S/C85H166O17P2/c1-7-9-11-13-15-17-19-21-22-26-33-39-45-51-57-63-69-84(89)101-80(73-95-82(87)67-61-55-49-43-37-20-18-16-14-12-10-8-2)75-99-103(91,92)97-71-79(86)72-98-104(93,94)100-76-81(74-96-83(88)68-62-56-50-44-38-32-29-28-31-36-42-48-54-60-66-78(5)6)102-85(90)70-64-58-52-46-40-34-27-24-23-25-30-35-41-47-53-59-65-77(3)4/h77-81,86H,7-76H2,1-6H3,(H,91,92)(H,93,94)/t79-,80+,81+/m0/s1. The molecule has 0 saturated carbocycles. The van der Waals surface area contributed by atoms with Crippen LogP contribution in [0.15, 0.2) is 0 Å². The Hall–Kier alpha value is -1.94. The number of rotatable bonds is 84. The number of phosphoric acid groups is 2. The summed E-state index contributed by atoms with van der Waals surface area (Å²) in [5, 5.41) is 10.7. The Bertz CT molecular complexity index is 1990. The lowest BCUT2D eigenvalue weighted by atomic mass is 10.0. The van der Waals surface area contributed by atoms with E-state index >= 15 is 0 Å². The number of carbonyl (C=O) groups excluding carboxylic acids is 4. The molecule has 0 heterocycles. The number of unbranched alkanes of at least 4 members (excludes halogenated alkanes) is 54. The zero-order valence-corrected chi connectivity index (χ0v) is 70.1. The summed E-state index contributed by atoms with van der Waals surface area (Å²) in [5.74, 6) is -0.492. The zero-order chi connectivity index (χ0) is 76.4. The number of aliphatic hydroxyl groups is 1. The number of esters is 4. The maximum atomic E-state index is 13.1. The molecule has 104 heavy (non-hydrogen) atoms. The van der Waals surface area contributed by atoms with Gasteiger partial charge in [0.05, 0.1) is 26.4 Å². The van der Waals surface area contributed by atoms with Gasteiger partial charge in [0.2, 0.25) is 0 Å². The molecule has 3 N–H and O–H groups in total. The molecule has 0 bridgehead atoms. The lowest BCUT2D eigenvalue weighted by Gasteiger charge is -2.21. The van der Waals surface area contributed by atoms with Gasteiger partial charge in [0.1, 0.15) is 19.3 Å². The van der Waals surface area contributed by atoms with Crippen LogP contribution >= 0.6 is 15.6 Å². The molecule has 17 nitrogen and oxygen atoms in total. The van der Waals surface area contributed by atoms with E-state index in [1.54, 1.807) is 0 Å². The van der Waals surface area contributed by atoms with Crippen molar-refractivity contribution in [3.63, 3.8) is 0 Å². The van der Waals surface area contributed by atoms with Crippen LogP contribution in [0.5, 0.6) is 0 Å². The molecule has 0 aromatic heterocycles. The first kappa shape index (κ1) is 102. The van der Waals surface area contributed by atoms with Crippen molar-refractivity contribution in [1.82, 2.24) is 0 Å². The zero-order valence-electron chi connectivity index (χ0n) is 68.3. The highest BCUT2D eigenvalue weighted by atomic mass is 31.2. The normalized spacial score (nSPS) is 13.8. The highest BCUT2D eigenvalue weighted by molar-refractivity contribution is 7.47. The molecule has 0 radical (unpaired) electrons. The Labute approximate surface area is 638 Å². The molecule has 618 valence electrons. The summed E-state index contributed by atoms with van der Waals surface area (Å²) >= 11 is 0. The second-order valence-corrected chi connectivity index (χ2v) is 34.4. The number of carbonyl (C=O) groups is 4. The van der Waals surface area contributed by atoms with Crippen molar-refractivity contribution in [2.24, 2.45) is 11.8 Å². The molecule has 5 atom stereocenters. The van der Waals surface area contributed by atoms with E-state index in [2.05, 4.69) is 41.5 Å². The second-order valence-electron chi connectivity index (χ2n) is 31.5. The topological polar surface area (TPSA) is 237 Å². The average molecular weight is 1520 g/mol. The fourth-order valence-corrected chi connectivity index (χ4v) is 14.8. The monoisotopic (exact) mass is 1520 g/mol. The van der Waals surface area contributed by atoms with Gasteiger partial charge in [-0.3, -0.25) is 37.3 Å². The molecule has 0 aliphatic rings. The first-order valence-corrected chi connectivity index (χ1v) is 47.0. The first-order valence-electron chi connectivity index (χ1n) is 44.0. The van der Waals surface area contributed by atoms with E-state index in [4.69, 9.17) is 37.0 Å². The lowest BCUT2D eigenvalue weighted by molar-refractivity contribution is -0.161. The lowest BCUT2D eigenvalue weighted by Crippen LogP contribution is -2.30. The van der Waals surface area contributed by atoms with Crippen LogP contribution in [0.3, 0.4) is 0 Å². The summed E-state index contributed by atoms with van der Waals surface area (Å²) < 4.78 is 68.9. The Morgan fingerprint density at radius 3 is 0.654 bits per heavy atom. The summed E-state index contributed by atoms with van der Waals surface area (Å²) in [7, 11) is -9.93. The third-order valence-corrected chi connectivity index (χ3v) is 21.9. The molecular weight excluding hydrogens is 1350 g/mol. The van der Waals surface area contributed by atoms with E-state index in [-0.39, 0.29) is 25.7 Å². The van der Waals surface area contributed by atoms with Crippen molar-refractivity contribution >= 4 is 39.5 Å². The minimum atomic E-state index is -4.97. The van der Waals surface area contributed by atoms with Crippen molar-refractivity contribution in [1.29, 1.82) is 0 Å². The van der Waals surface area contributed by atoms with Crippen LogP contribution in [0.1, 0.15) is 452 Å². The summed E-state index contributed by atoms with van der Waals surface area (Å²) in [4.78, 5) is 73.2. The smallest absolute Gasteiger partial charge is 0.462 e. The molecule has 19 heteroatoms. The largest absolute Gasteiger partial charge is 0.472 e. The average Bonchev–Trinajstić information content (AvgIpc) is 0.907. The Morgan fingerprint density at radius 2 is 0.442 bits per heavy atom. The third-order valence-electron chi connectivity index (χ3n) is 20.0. The molecular formula is C85H166O17P2. The van der Waals surface area contributed by atoms with Crippen LogP contribution in [0, 0.1) is 11.8 Å². The van der Waals surface area contributed by atoms with Gasteiger partial charge in [-0.25, -0.2) is 9.13 Å². The minimum absolute atomic E-state index is 0.109. The molecule has 0 aromatic rings. The van der Waals surface area contributed by atoms with E-state index in [0.717, 1.165) is 102 Å². The van der Waals surface area contributed by atoms with Crippen molar-refractivity contribution in [2.45, 2.75) is 471 Å². The highest BCUT2D eigenvalue weighted by Gasteiger charge is 2.30. The van der Waals surface area contributed by atoms with E-state index in [1.807, 2.05) is 0 Å².